The first-order valence-electron chi connectivity index (χ1n) is 9.64. The lowest BCUT2D eigenvalue weighted by Gasteiger charge is -2.12. The van der Waals surface area contributed by atoms with Crippen molar-refractivity contribution >= 4 is 45.5 Å². The summed E-state index contributed by atoms with van der Waals surface area (Å²) in [5.41, 5.74) is 4.47. The van der Waals surface area contributed by atoms with E-state index < -0.39 is 5.25 Å². The molecule has 0 spiro atoms. The van der Waals surface area contributed by atoms with Crippen molar-refractivity contribution in [3.05, 3.63) is 83.1 Å². The lowest BCUT2D eigenvalue weighted by Crippen LogP contribution is -2.27. The van der Waals surface area contributed by atoms with Gasteiger partial charge in [0.05, 0.1) is 18.0 Å². The monoisotopic (exact) mass is 498 g/mol. The van der Waals surface area contributed by atoms with Gasteiger partial charge in [0.2, 0.25) is 0 Å². The second-order valence-electron chi connectivity index (χ2n) is 6.57. The predicted octanol–water partition coefficient (Wildman–Crippen LogP) is 4.47. The Morgan fingerprint density at radius 3 is 2.81 bits per heavy atom. The first-order chi connectivity index (χ1) is 15.1. The first-order valence-corrected chi connectivity index (χ1v) is 11.3. The Bertz CT molecular complexity index is 1050. The van der Waals surface area contributed by atoms with Crippen molar-refractivity contribution in [1.82, 2.24) is 20.2 Å². The highest BCUT2D eigenvalue weighted by Gasteiger charge is 2.19. The van der Waals surface area contributed by atoms with Gasteiger partial charge < -0.3 is 9.88 Å². The zero-order valence-electron chi connectivity index (χ0n) is 17.0. The smallest absolute Gasteiger partial charge is 0.253 e. The van der Waals surface area contributed by atoms with Gasteiger partial charge in [-0.1, -0.05) is 64.1 Å². The summed E-state index contributed by atoms with van der Waals surface area (Å²) < 4.78 is 2.90. The van der Waals surface area contributed by atoms with Crippen molar-refractivity contribution in [2.45, 2.75) is 30.4 Å². The number of carbonyl (C=O) groups is 1. The summed E-state index contributed by atoms with van der Waals surface area (Å²) in [6.45, 7) is 6.70. The van der Waals surface area contributed by atoms with Crippen LogP contribution in [0.2, 0.25) is 0 Å². The molecule has 0 unspecified atom stereocenters. The average Bonchev–Trinajstić information content (AvgIpc) is 3.14. The van der Waals surface area contributed by atoms with Gasteiger partial charge in [-0.2, -0.15) is 5.10 Å². The maximum Gasteiger partial charge on any atom is 0.253 e. The average molecular weight is 499 g/mol. The van der Waals surface area contributed by atoms with Crippen LogP contribution in [0.25, 0.3) is 0 Å². The molecule has 0 aliphatic carbocycles. The molecular weight excluding hydrogens is 476 g/mol. The van der Waals surface area contributed by atoms with Gasteiger partial charge in [-0.3, -0.25) is 4.79 Å². The maximum absolute atomic E-state index is 12.4. The quantitative estimate of drug-likeness (QED) is 0.186. The van der Waals surface area contributed by atoms with Gasteiger partial charge in [0.25, 0.3) is 5.91 Å². The van der Waals surface area contributed by atoms with E-state index in [2.05, 4.69) is 48.6 Å². The molecule has 9 heteroatoms. The minimum absolute atomic E-state index is 0.214. The van der Waals surface area contributed by atoms with Gasteiger partial charge >= 0.3 is 0 Å². The highest BCUT2D eigenvalue weighted by Crippen LogP contribution is 2.23. The number of para-hydroxylation sites is 1. The van der Waals surface area contributed by atoms with Gasteiger partial charge in [0, 0.05) is 16.7 Å². The van der Waals surface area contributed by atoms with Crippen LogP contribution in [-0.4, -0.2) is 32.1 Å². The van der Waals surface area contributed by atoms with Crippen molar-refractivity contribution in [3.8, 4) is 0 Å². The lowest BCUT2D eigenvalue weighted by atomic mass is 10.2. The van der Waals surface area contributed by atoms with Crippen molar-refractivity contribution in [1.29, 1.82) is 0 Å². The molecule has 1 amide bonds. The van der Waals surface area contributed by atoms with Crippen LogP contribution >= 0.6 is 27.7 Å². The minimum Gasteiger partial charge on any atom is -0.378 e. The van der Waals surface area contributed by atoms with Gasteiger partial charge in [-0.05, 0) is 36.8 Å². The van der Waals surface area contributed by atoms with E-state index in [1.807, 2.05) is 66.1 Å². The first kappa shape index (κ1) is 22.8. The number of thioether (sulfide) groups is 1. The molecular formula is C22H23BrN6OS. The number of halogens is 1. The van der Waals surface area contributed by atoms with E-state index in [4.69, 9.17) is 0 Å². The molecule has 2 aromatic carbocycles. The number of carbonyl (C=O) groups excluding carboxylic acids is 1. The number of hydrazone groups is 1. The second kappa shape index (κ2) is 11.5. The van der Waals surface area contributed by atoms with Crippen molar-refractivity contribution in [2.24, 2.45) is 5.10 Å². The summed E-state index contributed by atoms with van der Waals surface area (Å²) in [7, 11) is 0. The van der Waals surface area contributed by atoms with Crippen LogP contribution < -0.4 is 10.7 Å². The zero-order valence-corrected chi connectivity index (χ0v) is 19.4. The third-order valence-corrected chi connectivity index (χ3v) is 5.79. The molecule has 0 bridgehead atoms. The van der Waals surface area contributed by atoms with Crippen LogP contribution in [0.4, 0.5) is 5.69 Å². The largest absolute Gasteiger partial charge is 0.378 e. The van der Waals surface area contributed by atoms with Crippen LogP contribution in [0.3, 0.4) is 0 Å². The lowest BCUT2D eigenvalue weighted by molar-refractivity contribution is -0.120. The molecule has 0 fully saturated rings. The number of rotatable bonds is 10. The molecule has 0 aliphatic heterocycles. The molecule has 0 saturated heterocycles. The Morgan fingerprint density at radius 2 is 2.06 bits per heavy atom. The number of allylic oxidation sites excluding steroid dienone is 1. The van der Waals surface area contributed by atoms with E-state index in [0.717, 1.165) is 21.5 Å². The molecule has 0 aliphatic rings. The summed E-state index contributed by atoms with van der Waals surface area (Å²) in [6, 6.07) is 17.5. The summed E-state index contributed by atoms with van der Waals surface area (Å²) in [5.74, 6) is 0.555. The van der Waals surface area contributed by atoms with E-state index in [1.165, 1.54) is 11.8 Å². The van der Waals surface area contributed by atoms with Crippen molar-refractivity contribution in [2.75, 3.05) is 5.32 Å². The predicted molar refractivity (Wildman–Crippen MR) is 129 cm³/mol. The molecule has 0 saturated carbocycles. The molecule has 2 N–H and O–H groups in total. The van der Waals surface area contributed by atoms with Crippen molar-refractivity contribution in [3.63, 3.8) is 0 Å². The molecule has 0 radical (unpaired) electrons. The second-order valence-corrected chi connectivity index (χ2v) is 8.79. The number of hydrogen-bond acceptors (Lipinski definition) is 6. The third kappa shape index (κ3) is 6.80. The van der Waals surface area contributed by atoms with Gasteiger partial charge in [-0.15, -0.1) is 16.8 Å². The van der Waals surface area contributed by atoms with Gasteiger partial charge in [0.15, 0.2) is 11.0 Å². The number of nitrogens with zero attached hydrogens (tertiary/aromatic N) is 4. The fourth-order valence-corrected chi connectivity index (χ4v) is 3.93. The van der Waals surface area contributed by atoms with E-state index in [1.54, 1.807) is 12.3 Å². The standard InChI is InChI=1S/C22H23BrN6OS/c1-3-12-29-20(15-24-19-10-5-4-6-11-19)26-28-22(29)31-16(2)21(30)27-25-14-17-8-7-9-18(23)13-17/h3-11,13-14,16,24H,1,12,15H2,2H3,(H,27,30)/t16-/m1/s1. The Labute approximate surface area is 194 Å². The Kier molecular flexibility index (Phi) is 8.43. The molecule has 31 heavy (non-hydrogen) atoms. The highest BCUT2D eigenvalue weighted by molar-refractivity contribution is 9.10. The minimum atomic E-state index is -0.401. The van der Waals surface area contributed by atoms with Crippen LogP contribution in [0, 0.1) is 0 Å². The number of anilines is 1. The number of benzene rings is 2. The van der Waals surface area contributed by atoms with E-state index in [9.17, 15) is 4.79 Å². The molecule has 160 valence electrons. The third-order valence-electron chi connectivity index (χ3n) is 4.22. The number of hydrogen-bond donors (Lipinski definition) is 2. The fourth-order valence-electron chi connectivity index (χ4n) is 2.65. The SMILES string of the molecule is C=CCn1c(CNc2ccccc2)nnc1S[C@H](C)C(=O)NN=Cc1cccc(Br)c1. The summed E-state index contributed by atoms with van der Waals surface area (Å²) in [6.07, 6.45) is 3.39. The number of amides is 1. The highest BCUT2D eigenvalue weighted by atomic mass is 79.9. The van der Waals surface area contributed by atoms with Crippen LogP contribution in [0.1, 0.15) is 18.3 Å². The van der Waals surface area contributed by atoms with Crippen LogP contribution in [0.5, 0.6) is 0 Å². The topological polar surface area (TPSA) is 84.2 Å². The van der Waals surface area contributed by atoms with Gasteiger partial charge in [-0.25, -0.2) is 5.43 Å². The fraction of sp³-hybridized carbons (Fsp3) is 0.182. The Hall–Kier alpha value is -2.91. The van der Waals surface area contributed by atoms with Crippen LogP contribution in [0.15, 0.2) is 82.0 Å². The molecule has 3 rings (SSSR count). The molecule has 3 aromatic rings. The normalized spacial score (nSPS) is 11.9. The molecule has 1 atom stereocenters. The Morgan fingerprint density at radius 1 is 1.26 bits per heavy atom. The van der Waals surface area contributed by atoms with Crippen molar-refractivity contribution < 1.29 is 4.79 Å². The van der Waals surface area contributed by atoms with E-state index in [-0.39, 0.29) is 5.91 Å². The molecule has 1 heterocycles. The summed E-state index contributed by atoms with van der Waals surface area (Å²) in [4.78, 5) is 12.4. The molecule has 7 nitrogen and oxygen atoms in total. The number of nitrogens with one attached hydrogen (secondary N) is 2. The van der Waals surface area contributed by atoms with Crippen LogP contribution in [-0.2, 0) is 17.9 Å². The van der Waals surface area contributed by atoms with E-state index >= 15 is 0 Å². The summed E-state index contributed by atoms with van der Waals surface area (Å²) in [5, 5.41) is 16.2. The molecule has 1 aromatic heterocycles. The summed E-state index contributed by atoms with van der Waals surface area (Å²) >= 11 is 4.74. The maximum atomic E-state index is 12.4. The number of aromatic nitrogens is 3. The van der Waals surface area contributed by atoms with E-state index in [0.29, 0.717) is 18.2 Å². The Balaban J connectivity index is 1.60. The van der Waals surface area contributed by atoms with Gasteiger partial charge in [0.1, 0.15) is 0 Å². The zero-order chi connectivity index (χ0) is 22.1.